The van der Waals surface area contributed by atoms with Crippen LogP contribution in [0.15, 0.2) is 24.3 Å². The van der Waals surface area contributed by atoms with Crippen LogP contribution in [0.25, 0.3) is 0 Å². The van der Waals surface area contributed by atoms with Gasteiger partial charge in [0, 0.05) is 12.1 Å². The third-order valence-electron chi connectivity index (χ3n) is 2.37. The Balaban J connectivity index is 2.32. The number of carbonyl (C=O) groups is 1. The van der Waals surface area contributed by atoms with Crippen LogP contribution in [0.2, 0.25) is 0 Å². The smallest absolute Gasteiger partial charge is 0.407 e. The van der Waals surface area contributed by atoms with Gasteiger partial charge < -0.3 is 19.9 Å². The second-order valence-corrected chi connectivity index (χ2v) is 5.60. The first-order valence-electron chi connectivity index (χ1n) is 6.69. The van der Waals surface area contributed by atoms with Crippen LogP contribution in [0.4, 0.5) is 10.5 Å². The number of hydrogen-bond donors (Lipinski definition) is 2. The zero-order valence-electron chi connectivity index (χ0n) is 12.7. The highest BCUT2D eigenvalue weighted by molar-refractivity contribution is 5.67. The van der Waals surface area contributed by atoms with Gasteiger partial charge in [0.25, 0.3) is 5.69 Å². The molecule has 0 saturated heterocycles. The first-order chi connectivity index (χ1) is 10.2. The van der Waals surface area contributed by atoms with Crippen LogP contribution in [0.3, 0.4) is 0 Å². The minimum Gasteiger partial charge on any atom is -0.491 e. The van der Waals surface area contributed by atoms with Crippen molar-refractivity contribution < 1.29 is 24.3 Å². The number of rotatable bonds is 6. The van der Waals surface area contributed by atoms with Crippen molar-refractivity contribution in [2.45, 2.75) is 32.5 Å². The van der Waals surface area contributed by atoms with E-state index < -0.39 is 22.7 Å². The van der Waals surface area contributed by atoms with Gasteiger partial charge in [-0.1, -0.05) is 0 Å². The summed E-state index contributed by atoms with van der Waals surface area (Å²) >= 11 is 0. The van der Waals surface area contributed by atoms with Crippen LogP contribution in [-0.2, 0) is 4.74 Å². The topological polar surface area (TPSA) is 111 Å². The first-order valence-corrected chi connectivity index (χ1v) is 6.69. The van der Waals surface area contributed by atoms with Crippen LogP contribution in [0, 0.1) is 10.1 Å². The van der Waals surface area contributed by atoms with E-state index in [1.54, 1.807) is 20.8 Å². The lowest BCUT2D eigenvalue weighted by atomic mass is 10.2. The quantitative estimate of drug-likeness (QED) is 0.612. The second-order valence-electron chi connectivity index (χ2n) is 5.60. The minimum atomic E-state index is -0.928. The summed E-state index contributed by atoms with van der Waals surface area (Å²) in [6.45, 7) is 5.12. The third kappa shape index (κ3) is 6.89. The number of nitrogens with zero attached hydrogens (tertiary/aromatic N) is 1. The molecule has 0 aliphatic rings. The maximum absolute atomic E-state index is 11.4. The number of aliphatic hydroxyl groups is 1. The monoisotopic (exact) mass is 312 g/mol. The van der Waals surface area contributed by atoms with Crippen LogP contribution in [0.5, 0.6) is 5.75 Å². The van der Waals surface area contributed by atoms with Gasteiger partial charge in [-0.2, -0.15) is 0 Å². The van der Waals surface area contributed by atoms with Crippen molar-refractivity contribution in [1.82, 2.24) is 5.32 Å². The van der Waals surface area contributed by atoms with E-state index in [1.165, 1.54) is 24.3 Å². The molecule has 1 atom stereocenters. The number of carbonyl (C=O) groups excluding carboxylic acids is 1. The Labute approximate surface area is 128 Å². The number of non-ortho nitro benzene ring substituents is 1. The number of nitrogens with one attached hydrogen (secondary N) is 1. The number of alkyl carbamates (subject to hydrolysis) is 1. The fraction of sp³-hybridized carbons (Fsp3) is 0.500. The summed E-state index contributed by atoms with van der Waals surface area (Å²) < 4.78 is 10.3. The number of aliphatic hydroxyl groups excluding tert-OH is 1. The molecule has 8 nitrogen and oxygen atoms in total. The molecular formula is C14H20N2O6. The zero-order valence-corrected chi connectivity index (χ0v) is 12.7. The lowest BCUT2D eigenvalue weighted by Crippen LogP contribution is -2.38. The van der Waals surface area contributed by atoms with E-state index in [2.05, 4.69) is 5.32 Å². The summed E-state index contributed by atoms with van der Waals surface area (Å²) in [5.41, 5.74) is -0.649. The molecule has 0 saturated carbocycles. The lowest BCUT2D eigenvalue weighted by molar-refractivity contribution is -0.384. The summed E-state index contributed by atoms with van der Waals surface area (Å²) in [6, 6.07) is 5.49. The molecule has 0 bridgehead atoms. The summed E-state index contributed by atoms with van der Waals surface area (Å²) in [6.07, 6.45) is -1.55. The zero-order chi connectivity index (χ0) is 16.8. The van der Waals surface area contributed by atoms with Crippen molar-refractivity contribution in [2.75, 3.05) is 13.2 Å². The van der Waals surface area contributed by atoms with Crippen molar-refractivity contribution in [1.29, 1.82) is 0 Å². The van der Waals surface area contributed by atoms with Gasteiger partial charge in [0.1, 0.15) is 24.1 Å². The molecule has 0 heterocycles. The summed E-state index contributed by atoms with van der Waals surface area (Å²) in [5, 5.41) is 22.6. The Morgan fingerprint density at radius 1 is 1.36 bits per heavy atom. The number of ether oxygens (including phenoxy) is 2. The van der Waals surface area contributed by atoms with Gasteiger partial charge in [0.05, 0.1) is 11.5 Å². The van der Waals surface area contributed by atoms with Gasteiger partial charge in [-0.05, 0) is 32.9 Å². The summed E-state index contributed by atoms with van der Waals surface area (Å²) in [7, 11) is 0. The van der Waals surface area contributed by atoms with E-state index in [0.29, 0.717) is 5.75 Å². The Morgan fingerprint density at radius 3 is 2.45 bits per heavy atom. The summed E-state index contributed by atoms with van der Waals surface area (Å²) in [4.78, 5) is 21.4. The van der Waals surface area contributed by atoms with Crippen LogP contribution >= 0.6 is 0 Å². The maximum Gasteiger partial charge on any atom is 0.407 e. The Bertz CT molecular complexity index is 509. The first kappa shape index (κ1) is 17.7. The average Bonchev–Trinajstić information content (AvgIpc) is 2.41. The standard InChI is InChI=1S/C14H20N2O6/c1-14(2,3)22-13(18)15-8-11(17)9-21-12-6-4-10(5-7-12)16(19)20/h4-7,11,17H,8-9H2,1-3H3,(H,15,18). The Morgan fingerprint density at radius 2 is 1.95 bits per heavy atom. The number of amides is 1. The van der Waals surface area contributed by atoms with E-state index in [9.17, 15) is 20.0 Å². The number of hydrogen-bond acceptors (Lipinski definition) is 6. The van der Waals surface area contributed by atoms with Gasteiger partial charge in [-0.3, -0.25) is 10.1 Å². The maximum atomic E-state index is 11.4. The molecule has 22 heavy (non-hydrogen) atoms. The predicted octanol–water partition coefficient (Wildman–Crippen LogP) is 1.86. The molecule has 1 rings (SSSR count). The molecule has 1 unspecified atom stereocenters. The van der Waals surface area contributed by atoms with Gasteiger partial charge in [-0.25, -0.2) is 4.79 Å². The SMILES string of the molecule is CC(C)(C)OC(=O)NCC(O)COc1ccc([N+](=O)[O-])cc1. The minimum absolute atomic E-state index is 0.0259. The van der Waals surface area contributed by atoms with Gasteiger partial charge in [0.15, 0.2) is 0 Å². The fourth-order valence-corrected chi connectivity index (χ4v) is 1.43. The molecule has 122 valence electrons. The third-order valence-corrected chi connectivity index (χ3v) is 2.37. The number of benzene rings is 1. The molecule has 0 aliphatic heterocycles. The van der Waals surface area contributed by atoms with E-state index in [0.717, 1.165) is 0 Å². The molecule has 0 aliphatic carbocycles. The number of nitro benzene ring substituents is 1. The fourth-order valence-electron chi connectivity index (χ4n) is 1.43. The molecule has 1 aromatic rings. The molecular weight excluding hydrogens is 292 g/mol. The molecule has 1 aromatic carbocycles. The highest BCUT2D eigenvalue weighted by Gasteiger charge is 2.17. The van der Waals surface area contributed by atoms with Gasteiger partial charge in [-0.15, -0.1) is 0 Å². The van der Waals surface area contributed by atoms with Crippen molar-refractivity contribution in [3.8, 4) is 5.75 Å². The molecule has 0 spiro atoms. The highest BCUT2D eigenvalue weighted by atomic mass is 16.6. The normalized spacial score (nSPS) is 12.4. The van der Waals surface area contributed by atoms with Gasteiger partial charge in [0.2, 0.25) is 0 Å². The lowest BCUT2D eigenvalue weighted by Gasteiger charge is -2.20. The van der Waals surface area contributed by atoms with Crippen LogP contribution < -0.4 is 10.1 Å². The van der Waals surface area contributed by atoms with Crippen molar-refractivity contribution in [2.24, 2.45) is 0 Å². The summed E-state index contributed by atoms with van der Waals surface area (Å²) in [5.74, 6) is 0.391. The van der Waals surface area contributed by atoms with Crippen LogP contribution in [0.1, 0.15) is 20.8 Å². The molecule has 0 fully saturated rings. The van der Waals surface area contributed by atoms with E-state index >= 15 is 0 Å². The highest BCUT2D eigenvalue weighted by Crippen LogP contribution is 2.17. The Kier molecular flexibility index (Phi) is 6.11. The largest absolute Gasteiger partial charge is 0.491 e. The molecule has 2 N–H and O–H groups in total. The van der Waals surface area contributed by atoms with Crippen LogP contribution in [-0.4, -0.2) is 41.0 Å². The van der Waals surface area contributed by atoms with Crippen molar-refractivity contribution in [3.63, 3.8) is 0 Å². The van der Waals surface area contributed by atoms with Gasteiger partial charge >= 0.3 is 6.09 Å². The van der Waals surface area contributed by atoms with E-state index in [1.807, 2.05) is 0 Å². The molecule has 0 radical (unpaired) electrons. The molecule has 0 aromatic heterocycles. The number of nitro groups is 1. The van der Waals surface area contributed by atoms with E-state index in [4.69, 9.17) is 9.47 Å². The second kappa shape index (κ2) is 7.60. The van der Waals surface area contributed by atoms with Crippen molar-refractivity contribution in [3.05, 3.63) is 34.4 Å². The van der Waals surface area contributed by atoms with E-state index in [-0.39, 0.29) is 18.8 Å². The van der Waals surface area contributed by atoms with Crippen molar-refractivity contribution >= 4 is 11.8 Å². The molecule has 1 amide bonds. The molecule has 8 heteroatoms. The predicted molar refractivity (Wildman–Crippen MR) is 78.8 cm³/mol. The average molecular weight is 312 g/mol. The Hall–Kier alpha value is -2.35.